The molecule has 1 aliphatic heterocycles. The van der Waals surface area contributed by atoms with Crippen molar-refractivity contribution in [1.82, 2.24) is 5.32 Å². The number of hydrogen-bond donors (Lipinski definition) is 1. The van der Waals surface area contributed by atoms with Crippen LogP contribution in [0.3, 0.4) is 0 Å². The molecule has 1 atom stereocenters. The summed E-state index contributed by atoms with van der Waals surface area (Å²) in [5.41, 5.74) is 0. The smallest absolute Gasteiger partial charge is 0.156 e. The molecule has 2 rings (SSSR count). The van der Waals surface area contributed by atoms with Crippen LogP contribution in [0.2, 0.25) is 0 Å². The van der Waals surface area contributed by atoms with E-state index in [0.29, 0.717) is 6.04 Å². The lowest BCUT2D eigenvalue weighted by Crippen LogP contribution is -2.31. The van der Waals surface area contributed by atoms with Gasteiger partial charge in [-0.25, -0.2) is 0 Å². The van der Waals surface area contributed by atoms with Gasteiger partial charge in [0.2, 0.25) is 0 Å². The summed E-state index contributed by atoms with van der Waals surface area (Å²) >= 11 is 1.90. The maximum absolute atomic E-state index is 4.69. The highest BCUT2D eigenvalue weighted by Gasteiger charge is 2.22. The van der Waals surface area contributed by atoms with Gasteiger partial charge in [0.1, 0.15) is 0 Å². The number of nitrogens with one attached hydrogen (secondary N) is 1. The van der Waals surface area contributed by atoms with Gasteiger partial charge in [-0.2, -0.15) is 0 Å². The number of nitrogens with zero attached hydrogens (tertiary/aromatic N) is 1. The van der Waals surface area contributed by atoms with Crippen molar-refractivity contribution in [3.05, 3.63) is 0 Å². The Hall–Kier alpha value is -0.180. The van der Waals surface area contributed by atoms with Gasteiger partial charge in [-0.05, 0) is 18.3 Å². The first kappa shape index (κ1) is 12.3. The van der Waals surface area contributed by atoms with Crippen molar-refractivity contribution in [2.45, 2.75) is 52.0 Å². The Labute approximate surface area is 104 Å². The summed E-state index contributed by atoms with van der Waals surface area (Å²) < 4.78 is 0. The van der Waals surface area contributed by atoms with E-state index in [1.54, 1.807) is 0 Å². The van der Waals surface area contributed by atoms with Crippen LogP contribution in [-0.4, -0.2) is 23.5 Å². The average molecular weight is 240 g/mol. The molecule has 1 heterocycles. The molecule has 0 aromatic rings. The van der Waals surface area contributed by atoms with Gasteiger partial charge in [-0.1, -0.05) is 51.3 Å². The van der Waals surface area contributed by atoms with Crippen molar-refractivity contribution < 1.29 is 0 Å². The predicted molar refractivity (Wildman–Crippen MR) is 73.1 cm³/mol. The first-order valence-corrected chi connectivity index (χ1v) is 7.68. The minimum absolute atomic E-state index is 0.634. The molecular weight excluding hydrogens is 216 g/mol. The zero-order valence-electron chi connectivity index (χ0n) is 10.5. The topological polar surface area (TPSA) is 24.4 Å². The third-order valence-corrected chi connectivity index (χ3v) is 4.83. The summed E-state index contributed by atoms with van der Waals surface area (Å²) in [7, 11) is 0. The van der Waals surface area contributed by atoms with Gasteiger partial charge in [-0.15, -0.1) is 0 Å². The molecule has 2 nitrogen and oxygen atoms in total. The largest absolute Gasteiger partial charge is 0.361 e. The first-order valence-electron chi connectivity index (χ1n) is 6.69. The molecule has 0 aromatic carbocycles. The van der Waals surface area contributed by atoms with Crippen molar-refractivity contribution in [2.75, 3.05) is 12.3 Å². The second-order valence-corrected chi connectivity index (χ2v) is 6.44. The quantitative estimate of drug-likeness (QED) is 0.815. The van der Waals surface area contributed by atoms with E-state index in [9.17, 15) is 0 Å². The highest BCUT2D eigenvalue weighted by atomic mass is 32.2. The number of aliphatic imine (C=N–C) groups is 1. The van der Waals surface area contributed by atoms with E-state index < -0.39 is 0 Å². The molecule has 1 saturated heterocycles. The lowest BCUT2D eigenvalue weighted by Gasteiger charge is -2.13. The van der Waals surface area contributed by atoms with Crippen LogP contribution in [0.4, 0.5) is 0 Å². The van der Waals surface area contributed by atoms with Crippen LogP contribution < -0.4 is 5.32 Å². The molecule has 1 saturated carbocycles. The highest BCUT2D eigenvalue weighted by Crippen LogP contribution is 2.27. The van der Waals surface area contributed by atoms with Crippen molar-refractivity contribution in [3.63, 3.8) is 0 Å². The molecular formula is C13H24N2S. The van der Waals surface area contributed by atoms with E-state index in [2.05, 4.69) is 24.2 Å². The minimum atomic E-state index is 0.634. The summed E-state index contributed by atoms with van der Waals surface area (Å²) in [4.78, 5) is 4.69. The minimum Gasteiger partial charge on any atom is -0.361 e. The van der Waals surface area contributed by atoms with E-state index in [1.165, 1.54) is 43.0 Å². The van der Waals surface area contributed by atoms with Crippen LogP contribution in [0, 0.1) is 11.8 Å². The summed E-state index contributed by atoms with van der Waals surface area (Å²) in [6, 6.07) is 0.634. The molecule has 0 radical (unpaired) electrons. The molecule has 3 heteroatoms. The molecule has 0 unspecified atom stereocenters. The third-order valence-electron chi connectivity index (χ3n) is 3.78. The van der Waals surface area contributed by atoms with Crippen molar-refractivity contribution in [3.8, 4) is 0 Å². The van der Waals surface area contributed by atoms with Crippen molar-refractivity contribution >= 4 is 16.9 Å². The Kier molecular flexibility index (Phi) is 4.56. The van der Waals surface area contributed by atoms with Crippen LogP contribution in [0.15, 0.2) is 4.99 Å². The second kappa shape index (κ2) is 5.95. The van der Waals surface area contributed by atoms with Gasteiger partial charge in [0, 0.05) is 18.3 Å². The van der Waals surface area contributed by atoms with Crippen molar-refractivity contribution in [1.29, 1.82) is 0 Å². The Morgan fingerprint density at radius 1 is 1.38 bits per heavy atom. The number of amidine groups is 1. The van der Waals surface area contributed by atoms with Crippen LogP contribution in [-0.2, 0) is 0 Å². The maximum Gasteiger partial charge on any atom is 0.156 e. The van der Waals surface area contributed by atoms with Crippen LogP contribution in [0.25, 0.3) is 0 Å². The van der Waals surface area contributed by atoms with Gasteiger partial charge < -0.3 is 5.32 Å². The Morgan fingerprint density at radius 3 is 2.75 bits per heavy atom. The van der Waals surface area contributed by atoms with Gasteiger partial charge in [0.15, 0.2) is 5.17 Å². The van der Waals surface area contributed by atoms with E-state index in [1.807, 2.05) is 11.8 Å². The molecule has 0 aromatic heterocycles. The molecule has 16 heavy (non-hydrogen) atoms. The van der Waals surface area contributed by atoms with Crippen molar-refractivity contribution in [2.24, 2.45) is 16.8 Å². The molecule has 0 spiro atoms. The maximum atomic E-state index is 4.69. The summed E-state index contributed by atoms with van der Waals surface area (Å²) in [5, 5.41) is 4.72. The Bertz CT molecular complexity index is 244. The van der Waals surface area contributed by atoms with Crippen LogP contribution in [0.5, 0.6) is 0 Å². The fraction of sp³-hybridized carbons (Fsp3) is 0.923. The van der Waals surface area contributed by atoms with Crippen LogP contribution >= 0.6 is 11.8 Å². The number of thioether (sulfide) groups is 1. The number of rotatable bonds is 4. The number of hydrogen-bond acceptors (Lipinski definition) is 2. The van der Waals surface area contributed by atoms with Gasteiger partial charge in [-0.3, -0.25) is 4.99 Å². The molecule has 2 aliphatic rings. The van der Waals surface area contributed by atoms with Crippen LogP contribution in [0.1, 0.15) is 46.0 Å². The van der Waals surface area contributed by atoms with E-state index >= 15 is 0 Å². The average Bonchev–Trinajstić information content (AvgIpc) is 2.87. The molecule has 1 aliphatic carbocycles. The fourth-order valence-electron chi connectivity index (χ4n) is 2.51. The Morgan fingerprint density at radius 2 is 2.12 bits per heavy atom. The first-order chi connectivity index (χ1) is 7.75. The standard InChI is InChI=1S/C13H24N2S/c1-10(2)12-9-16-13(15-12)14-8-7-11-5-3-4-6-11/h10-12H,3-9H2,1-2H3,(H,14,15)/t12-/m1/s1. The van der Waals surface area contributed by atoms with E-state index in [0.717, 1.165) is 18.4 Å². The second-order valence-electron chi connectivity index (χ2n) is 5.43. The summed E-state index contributed by atoms with van der Waals surface area (Å²) in [6.45, 7) is 5.59. The normalized spacial score (nSPS) is 29.2. The molecule has 1 N–H and O–H groups in total. The van der Waals surface area contributed by atoms with E-state index in [-0.39, 0.29) is 0 Å². The zero-order chi connectivity index (χ0) is 11.4. The molecule has 92 valence electrons. The van der Waals surface area contributed by atoms with Gasteiger partial charge in [0.05, 0.1) is 0 Å². The lowest BCUT2D eigenvalue weighted by molar-refractivity contribution is 0.498. The predicted octanol–water partition coefficient (Wildman–Crippen LogP) is 3.28. The van der Waals surface area contributed by atoms with Gasteiger partial charge in [0.25, 0.3) is 0 Å². The SMILES string of the molecule is CC(C)[C@H]1CSC(=NCCC2CCCC2)N1. The highest BCUT2D eigenvalue weighted by molar-refractivity contribution is 8.14. The molecule has 0 bridgehead atoms. The summed E-state index contributed by atoms with van der Waals surface area (Å²) in [5.74, 6) is 2.88. The lowest BCUT2D eigenvalue weighted by atomic mass is 10.0. The molecule has 0 amide bonds. The van der Waals surface area contributed by atoms with E-state index in [4.69, 9.17) is 0 Å². The monoisotopic (exact) mass is 240 g/mol. The molecule has 2 fully saturated rings. The third kappa shape index (κ3) is 3.41. The Balaban J connectivity index is 1.68. The van der Waals surface area contributed by atoms with Gasteiger partial charge >= 0.3 is 0 Å². The summed E-state index contributed by atoms with van der Waals surface area (Å²) in [6.07, 6.45) is 7.09. The fourth-order valence-corrected chi connectivity index (χ4v) is 3.73. The zero-order valence-corrected chi connectivity index (χ0v) is 11.4.